The Morgan fingerprint density at radius 1 is 0.875 bits per heavy atom. The van der Waals surface area contributed by atoms with E-state index in [0.717, 1.165) is 12.8 Å². The van der Waals surface area contributed by atoms with E-state index in [1.54, 1.807) is 0 Å². The number of rotatable bonds is 4. The molecule has 0 aromatic heterocycles. The van der Waals surface area contributed by atoms with Gasteiger partial charge in [-0.2, -0.15) is 0 Å². The highest BCUT2D eigenvalue weighted by Gasteiger charge is 2.03. The molecule has 0 atom stereocenters. The van der Waals surface area contributed by atoms with Crippen LogP contribution in [0.15, 0.2) is 25.3 Å². The minimum atomic E-state index is 0. The molecule has 1 aromatic carbocycles. The summed E-state index contributed by atoms with van der Waals surface area (Å²) in [6.45, 7) is 12.0. The molecule has 0 heterocycles. The van der Waals surface area contributed by atoms with Crippen molar-refractivity contribution in [3.63, 3.8) is 0 Å². The number of benzene rings is 1. The van der Waals surface area contributed by atoms with E-state index in [4.69, 9.17) is 0 Å². The molecular formula is C14H22O2. The largest absolute Gasteiger partial charge is 0.412 e. The highest BCUT2D eigenvalue weighted by atomic mass is 16.0. The summed E-state index contributed by atoms with van der Waals surface area (Å²) in [5.74, 6) is 0. The molecule has 0 aliphatic heterocycles. The van der Waals surface area contributed by atoms with Crippen molar-refractivity contribution >= 4 is 12.2 Å². The van der Waals surface area contributed by atoms with Crippen LogP contribution in [0.5, 0.6) is 0 Å². The summed E-state index contributed by atoms with van der Waals surface area (Å²) in [5, 5.41) is 0. The lowest BCUT2D eigenvalue weighted by Crippen LogP contribution is -1.93. The fourth-order valence-corrected chi connectivity index (χ4v) is 1.72. The van der Waals surface area contributed by atoms with E-state index in [1.807, 2.05) is 12.2 Å². The van der Waals surface area contributed by atoms with Gasteiger partial charge in [-0.3, -0.25) is 0 Å². The van der Waals surface area contributed by atoms with Crippen molar-refractivity contribution in [1.82, 2.24) is 0 Å². The Bertz CT molecular complexity index is 318. The van der Waals surface area contributed by atoms with Crippen molar-refractivity contribution in [2.45, 2.75) is 26.7 Å². The van der Waals surface area contributed by atoms with Crippen LogP contribution in [0.4, 0.5) is 0 Å². The lowest BCUT2D eigenvalue weighted by molar-refractivity contribution is 0.823. The van der Waals surface area contributed by atoms with E-state index in [1.165, 1.54) is 22.3 Å². The Kier molecular flexibility index (Phi) is 8.36. The maximum Gasteiger partial charge on any atom is -0.0227 e. The molecule has 0 saturated carbocycles. The number of aryl methyl sites for hydroxylation is 2. The average molecular weight is 222 g/mol. The van der Waals surface area contributed by atoms with Gasteiger partial charge in [0.1, 0.15) is 0 Å². The molecule has 16 heavy (non-hydrogen) atoms. The maximum atomic E-state index is 3.84. The van der Waals surface area contributed by atoms with Gasteiger partial charge in [0, 0.05) is 0 Å². The summed E-state index contributed by atoms with van der Waals surface area (Å²) >= 11 is 0. The van der Waals surface area contributed by atoms with Gasteiger partial charge in [-0.1, -0.05) is 51.3 Å². The fraction of sp³-hybridized carbons (Fsp3) is 0.286. The first-order valence-electron chi connectivity index (χ1n) is 5.17. The molecule has 0 aliphatic carbocycles. The molecule has 90 valence electrons. The monoisotopic (exact) mass is 222 g/mol. The first-order chi connectivity index (χ1) is 6.76. The number of hydrogen-bond acceptors (Lipinski definition) is 0. The van der Waals surface area contributed by atoms with Crippen molar-refractivity contribution in [3.8, 4) is 0 Å². The minimum absolute atomic E-state index is 0. The standard InChI is InChI=1S/C14H18.2H2O/c1-5-11-9-13(7-3)14(8-4)10-12(11)6-2;;/h5,8-10H,1,4,6-7H2,2-3H3;2*1H2. The second-order valence-corrected chi connectivity index (χ2v) is 3.37. The zero-order valence-electron chi connectivity index (χ0n) is 10.1. The predicted octanol–water partition coefficient (Wildman–Crippen LogP) is 2.45. The molecule has 0 radical (unpaired) electrons. The summed E-state index contributed by atoms with van der Waals surface area (Å²) in [4.78, 5) is 0. The third-order valence-corrected chi connectivity index (χ3v) is 2.60. The molecule has 1 rings (SSSR count). The normalized spacial score (nSPS) is 8.62. The lowest BCUT2D eigenvalue weighted by Gasteiger charge is -2.10. The van der Waals surface area contributed by atoms with Gasteiger partial charge in [0.25, 0.3) is 0 Å². The first-order valence-corrected chi connectivity index (χ1v) is 5.17. The van der Waals surface area contributed by atoms with Crippen LogP contribution in [0, 0.1) is 0 Å². The molecule has 0 spiro atoms. The van der Waals surface area contributed by atoms with Crippen LogP contribution >= 0.6 is 0 Å². The van der Waals surface area contributed by atoms with Gasteiger partial charge in [-0.25, -0.2) is 0 Å². The van der Waals surface area contributed by atoms with Gasteiger partial charge in [0.15, 0.2) is 0 Å². The van der Waals surface area contributed by atoms with Crippen LogP contribution in [0.3, 0.4) is 0 Å². The highest BCUT2D eigenvalue weighted by molar-refractivity contribution is 5.61. The quantitative estimate of drug-likeness (QED) is 0.751. The van der Waals surface area contributed by atoms with Crippen molar-refractivity contribution in [2.24, 2.45) is 0 Å². The summed E-state index contributed by atoms with van der Waals surface area (Å²) in [5.41, 5.74) is 5.23. The van der Waals surface area contributed by atoms with E-state index < -0.39 is 0 Å². The van der Waals surface area contributed by atoms with Crippen LogP contribution in [-0.2, 0) is 12.8 Å². The van der Waals surface area contributed by atoms with Gasteiger partial charge in [-0.15, -0.1) is 0 Å². The first kappa shape index (κ1) is 17.0. The molecule has 2 heteroatoms. The SMILES string of the molecule is C=Cc1cc(CC)c(C=C)cc1CC.O.O. The van der Waals surface area contributed by atoms with E-state index in [0.29, 0.717) is 0 Å². The Hall–Kier alpha value is -1.38. The third kappa shape index (κ3) is 3.33. The van der Waals surface area contributed by atoms with Gasteiger partial charge >= 0.3 is 0 Å². The summed E-state index contributed by atoms with van der Waals surface area (Å²) in [7, 11) is 0. The summed E-state index contributed by atoms with van der Waals surface area (Å²) < 4.78 is 0. The smallest absolute Gasteiger partial charge is 0.0227 e. The third-order valence-electron chi connectivity index (χ3n) is 2.60. The Morgan fingerprint density at radius 3 is 1.38 bits per heavy atom. The van der Waals surface area contributed by atoms with E-state index >= 15 is 0 Å². The van der Waals surface area contributed by atoms with Gasteiger partial charge in [0.2, 0.25) is 0 Å². The predicted molar refractivity (Wildman–Crippen MR) is 72.6 cm³/mol. The highest BCUT2D eigenvalue weighted by Crippen LogP contribution is 2.20. The van der Waals surface area contributed by atoms with Crippen LogP contribution in [-0.4, -0.2) is 11.0 Å². The Morgan fingerprint density at radius 2 is 1.19 bits per heavy atom. The molecule has 4 N–H and O–H groups in total. The summed E-state index contributed by atoms with van der Waals surface area (Å²) in [6, 6.07) is 4.45. The average Bonchev–Trinajstić information content (AvgIpc) is 2.26. The maximum absolute atomic E-state index is 3.84. The van der Waals surface area contributed by atoms with Gasteiger partial charge in [-0.05, 0) is 35.1 Å². The molecular weight excluding hydrogens is 200 g/mol. The minimum Gasteiger partial charge on any atom is -0.412 e. The molecule has 0 fully saturated rings. The second-order valence-electron chi connectivity index (χ2n) is 3.37. The Balaban J connectivity index is 0. The van der Waals surface area contributed by atoms with Crippen LogP contribution < -0.4 is 0 Å². The molecule has 2 nitrogen and oxygen atoms in total. The lowest BCUT2D eigenvalue weighted by atomic mass is 9.95. The zero-order chi connectivity index (χ0) is 10.6. The van der Waals surface area contributed by atoms with Crippen molar-refractivity contribution in [3.05, 3.63) is 47.5 Å². The van der Waals surface area contributed by atoms with Crippen LogP contribution in [0.1, 0.15) is 36.1 Å². The van der Waals surface area contributed by atoms with E-state index in [-0.39, 0.29) is 11.0 Å². The Labute approximate surface area is 97.9 Å². The molecule has 0 saturated heterocycles. The zero-order valence-corrected chi connectivity index (χ0v) is 10.1. The van der Waals surface area contributed by atoms with Crippen molar-refractivity contribution < 1.29 is 11.0 Å². The van der Waals surface area contributed by atoms with E-state index in [9.17, 15) is 0 Å². The second kappa shape index (κ2) is 7.85. The van der Waals surface area contributed by atoms with Crippen LogP contribution in [0.25, 0.3) is 12.2 Å². The molecule has 0 bridgehead atoms. The molecule has 0 amide bonds. The molecule has 0 aliphatic rings. The van der Waals surface area contributed by atoms with Crippen molar-refractivity contribution in [2.75, 3.05) is 0 Å². The molecule has 0 unspecified atom stereocenters. The van der Waals surface area contributed by atoms with Gasteiger partial charge < -0.3 is 11.0 Å². The topological polar surface area (TPSA) is 63.0 Å². The fourth-order valence-electron chi connectivity index (χ4n) is 1.72. The van der Waals surface area contributed by atoms with Gasteiger partial charge in [0.05, 0.1) is 0 Å². The molecule has 1 aromatic rings. The van der Waals surface area contributed by atoms with Crippen LogP contribution in [0.2, 0.25) is 0 Å². The number of hydrogen-bond donors (Lipinski definition) is 0. The summed E-state index contributed by atoms with van der Waals surface area (Å²) in [6.07, 6.45) is 5.97. The van der Waals surface area contributed by atoms with Crippen molar-refractivity contribution in [1.29, 1.82) is 0 Å². The van der Waals surface area contributed by atoms with E-state index in [2.05, 4.69) is 39.1 Å².